The van der Waals surface area contributed by atoms with Gasteiger partial charge in [-0.15, -0.1) is 0 Å². The van der Waals surface area contributed by atoms with Crippen molar-refractivity contribution in [2.75, 3.05) is 27.2 Å². The smallest absolute Gasteiger partial charge is 0.0125 e. The molecule has 2 heteroatoms. The van der Waals surface area contributed by atoms with E-state index in [0.717, 1.165) is 12.0 Å². The standard InChI is InChI=1S/C13H28N2/c1-11(14(5)6)12-7-9-15(10-8-12)13(2,3)4/h11-12H,7-10H2,1-6H3. The van der Waals surface area contributed by atoms with Crippen molar-refractivity contribution < 1.29 is 0 Å². The van der Waals surface area contributed by atoms with Crippen LogP contribution >= 0.6 is 0 Å². The van der Waals surface area contributed by atoms with Crippen LogP contribution in [0.2, 0.25) is 0 Å². The van der Waals surface area contributed by atoms with Gasteiger partial charge in [-0.1, -0.05) is 0 Å². The summed E-state index contributed by atoms with van der Waals surface area (Å²) in [6.07, 6.45) is 2.72. The van der Waals surface area contributed by atoms with E-state index in [9.17, 15) is 0 Å². The van der Waals surface area contributed by atoms with Gasteiger partial charge in [-0.3, -0.25) is 4.90 Å². The number of likely N-dealkylation sites (tertiary alicyclic amines) is 1. The molecule has 0 spiro atoms. The lowest BCUT2D eigenvalue weighted by Crippen LogP contribution is -2.48. The van der Waals surface area contributed by atoms with E-state index < -0.39 is 0 Å². The Labute approximate surface area is 95.6 Å². The van der Waals surface area contributed by atoms with Crippen LogP contribution in [0.1, 0.15) is 40.5 Å². The van der Waals surface area contributed by atoms with Crippen LogP contribution in [0.3, 0.4) is 0 Å². The van der Waals surface area contributed by atoms with E-state index in [1.165, 1.54) is 25.9 Å². The Morgan fingerprint density at radius 3 is 1.93 bits per heavy atom. The maximum atomic E-state index is 2.62. The number of nitrogens with zero attached hydrogens (tertiary/aromatic N) is 2. The van der Waals surface area contributed by atoms with Gasteiger partial charge in [0.2, 0.25) is 0 Å². The summed E-state index contributed by atoms with van der Waals surface area (Å²) in [6.45, 7) is 11.9. The average molecular weight is 212 g/mol. The zero-order valence-corrected chi connectivity index (χ0v) is 11.4. The van der Waals surface area contributed by atoms with Gasteiger partial charge in [-0.2, -0.15) is 0 Å². The second-order valence-corrected chi connectivity index (χ2v) is 6.20. The van der Waals surface area contributed by atoms with Crippen molar-refractivity contribution >= 4 is 0 Å². The van der Waals surface area contributed by atoms with Gasteiger partial charge in [0.05, 0.1) is 0 Å². The molecule has 1 unspecified atom stereocenters. The van der Waals surface area contributed by atoms with Crippen LogP contribution in [0, 0.1) is 5.92 Å². The Kier molecular flexibility index (Phi) is 4.19. The van der Waals surface area contributed by atoms with Gasteiger partial charge in [0, 0.05) is 11.6 Å². The fraction of sp³-hybridized carbons (Fsp3) is 1.00. The first-order valence-electron chi connectivity index (χ1n) is 6.24. The molecule has 0 aromatic rings. The molecule has 0 aliphatic carbocycles. The molecule has 1 aliphatic rings. The van der Waals surface area contributed by atoms with E-state index in [-0.39, 0.29) is 0 Å². The molecular weight excluding hydrogens is 184 g/mol. The first-order chi connectivity index (χ1) is 6.82. The molecule has 1 atom stereocenters. The Balaban J connectivity index is 2.42. The summed E-state index contributed by atoms with van der Waals surface area (Å²) in [5.41, 5.74) is 0.353. The predicted octanol–water partition coefficient (Wildman–Crippen LogP) is 2.45. The fourth-order valence-electron chi connectivity index (χ4n) is 2.47. The largest absolute Gasteiger partial charge is 0.306 e. The van der Waals surface area contributed by atoms with Crippen LogP contribution in [0.5, 0.6) is 0 Å². The molecule has 0 amide bonds. The van der Waals surface area contributed by atoms with E-state index in [2.05, 4.69) is 51.6 Å². The second kappa shape index (κ2) is 4.84. The minimum absolute atomic E-state index is 0.353. The summed E-state index contributed by atoms with van der Waals surface area (Å²) in [4.78, 5) is 4.98. The zero-order chi connectivity index (χ0) is 11.6. The molecule has 2 nitrogen and oxygen atoms in total. The highest BCUT2D eigenvalue weighted by Gasteiger charge is 2.29. The third kappa shape index (κ3) is 3.46. The van der Waals surface area contributed by atoms with E-state index in [1.807, 2.05) is 0 Å². The lowest BCUT2D eigenvalue weighted by molar-refractivity contribution is 0.0638. The summed E-state index contributed by atoms with van der Waals surface area (Å²) < 4.78 is 0. The molecule has 0 bridgehead atoms. The second-order valence-electron chi connectivity index (χ2n) is 6.20. The Hall–Kier alpha value is -0.0800. The first kappa shape index (κ1) is 13.0. The average Bonchev–Trinajstić information content (AvgIpc) is 2.15. The van der Waals surface area contributed by atoms with Crippen LogP contribution in [-0.4, -0.2) is 48.6 Å². The van der Waals surface area contributed by atoms with Gasteiger partial charge in [-0.25, -0.2) is 0 Å². The highest BCUT2D eigenvalue weighted by Crippen LogP contribution is 2.26. The van der Waals surface area contributed by atoms with Gasteiger partial charge < -0.3 is 4.90 Å². The van der Waals surface area contributed by atoms with Crippen molar-refractivity contribution in [3.63, 3.8) is 0 Å². The van der Waals surface area contributed by atoms with Crippen LogP contribution in [0.25, 0.3) is 0 Å². The molecule has 0 N–H and O–H groups in total. The van der Waals surface area contributed by atoms with E-state index in [0.29, 0.717) is 5.54 Å². The van der Waals surface area contributed by atoms with Crippen LogP contribution in [0.15, 0.2) is 0 Å². The quantitative estimate of drug-likeness (QED) is 0.694. The van der Waals surface area contributed by atoms with E-state index in [4.69, 9.17) is 0 Å². The summed E-state index contributed by atoms with van der Waals surface area (Å²) in [7, 11) is 4.39. The predicted molar refractivity (Wildman–Crippen MR) is 67.2 cm³/mol. The van der Waals surface area contributed by atoms with Crippen molar-refractivity contribution in [2.24, 2.45) is 5.92 Å². The summed E-state index contributed by atoms with van der Waals surface area (Å²) in [6, 6.07) is 0.729. The molecule has 1 heterocycles. The lowest BCUT2D eigenvalue weighted by atomic mass is 9.88. The number of rotatable bonds is 2. The maximum absolute atomic E-state index is 2.62. The first-order valence-corrected chi connectivity index (χ1v) is 6.24. The highest BCUT2D eigenvalue weighted by molar-refractivity contribution is 4.84. The third-order valence-electron chi connectivity index (χ3n) is 3.99. The maximum Gasteiger partial charge on any atom is 0.0125 e. The van der Waals surface area contributed by atoms with Gasteiger partial charge >= 0.3 is 0 Å². The van der Waals surface area contributed by atoms with Crippen molar-refractivity contribution in [3.05, 3.63) is 0 Å². The molecule has 0 aromatic carbocycles. The Morgan fingerprint density at radius 2 is 1.60 bits per heavy atom. The molecular formula is C13H28N2. The fourth-order valence-corrected chi connectivity index (χ4v) is 2.47. The van der Waals surface area contributed by atoms with Crippen LogP contribution in [-0.2, 0) is 0 Å². The molecule has 0 radical (unpaired) electrons. The van der Waals surface area contributed by atoms with Crippen LogP contribution in [0.4, 0.5) is 0 Å². The van der Waals surface area contributed by atoms with E-state index in [1.54, 1.807) is 0 Å². The third-order valence-corrected chi connectivity index (χ3v) is 3.99. The lowest BCUT2D eigenvalue weighted by Gasteiger charge is -2.43. The molecule has 90 valence electrons. The molecule has 1 fully saturated rings. The van der Waals surface area contributed by atoms with Crippen molar-refractivity contribution in [1.29, 1.82) is 0 Å². The molecule has 0 aromatic heterocycles. The number of hydrogen-bond acceptors (Lipinski definition) is 2. The normalized spacial score (nSPS) is 23.4. The summed E-state index contributed by atoms with van der Waals surface area (Å²) in [5, 5.41) is 0. The molecule has 1 saturated heterocycles. The summed E-state index contributed by atoms with van der Waals surface area (Å²) >= 11 is 0. The highest BCUT2D eigenvalue weighted by atomic mass is 15.2. The molecule has 0 saturated carbocycles. The minimum Gasteiger partial charge on any atom is -0.306 e. The van der Waals surface area contributed by atoms with Crippen LogP contribution < -0.4 is 0 Å². The van der Waals surface area contributed by atoms with Gasteiger partial charge in [0.1, 0.15) is 0 Å². The monoisotopic (exact) mass is 212 g/mol. The van der Waals surface area contributed by atoms with Gasteiger partial charge in [0.25, 0.3) is 0 Å². The van der Waals surface area contributed by atoms with E-state index >= 15 is 0 Å². The van der Waals surface area contributed by atoms with Crippen molar-refractivity contribution in [1.82, 2.24) is 9.80 Å². The SMILES string of the molecule is CC(C1CCN(C(C)(C)C)CC1)N(C)C. The topological polar surface area (TPSA) is 6.48 Å². The van der Waals surface area contributed by atoms with Gasteiger partial charge in [0.15, 0.2) is 0 Å². The Morgan fingerprint density at radius 1 is 1.13 bits per heavy atom. The van der Waals surface area contributed by atoms with Crippen molar-refractivity contribution in [3.8, 4) is 0 Å². The van der Waals surface area contributed by atoms with Gasteiger partial charge in [-0.05, 0) is 73.6 Å². The molecule has 1 aliphatic heterocycles. The van der Waals surface area contributed by atoms with Crippen molar-refractivity contribution in [2.45, 2.75) is 52.1 Å². The molecule has 1 rings (SSSR count). The zero-order valence-electron chi connectivity index (χ0n) is 11.4. The number of hydrogen-bond donors (Lipinski definition) is 0. The number of piperidine rings is 1. The molecule has 15 heavy (non-hydrogen) atoms. The minimum atomic E-state index is 0.353. The Bertz CT molecular complexity index is 185. The summed E-state index contributed by atoms with van der Waals surface area (Å²) in [5.74, 6) is 0.888.